The molecule has 20 heavy (non-hydrogen) atoms. The number of ether oxygens (including phenoxy) is 1. The van der Waals surface area contributed by atoms with Crippen molar-refractivity contribution in [2.75, 3.05) is 6.54 Å². The summed E-state index contributed by atoms with van der Waals surface area (Å²) < 4.78 is 30.7. The average molecular weight is 282 g/mol. The molecule has 108 valence electrons. The lowest BCUT2D eigenvalue weighted by atomic mass is 10.2. The van der Waals surface area contributed by atoms with Crippen LogP contribution in [0.1, 0.15) is 17.7 Å². The van der Waals surface area contributed by atoms with Gasteiger partial charge in [-0.3, -0.25) is 0 Å². The number of hydrogen-bond acceptors (Lipinski definition) is 4. The van der Waals surface area contributed by atoms with Crippen molar-refractivity contribution in [3.05, 3.63) is 41.7 Å². The van der Waals surface area contributed by atoms with E-state index in [4.69, 9.17) is 5.73 Å². The summed E-state index contributed by atoms with van der Waals surface area (Å²) in [4.78, 5) is 0. The summed E-state index contributed by atoms with van der Waals surface area (Å²) in [6.07, 6.45) is 3.38. The highest BCUT2D eigenvalue weighted by Gasteiger charge is 2.10. The zero-order valence-corrected chi connectivity index (χ0v) is 10.9. The lowest BCUT2D eigenvalue weighted by Gasteiger charge is -2.09. The molecular weight excluding hydrogens is 266 g/mol. The number of nitrogens with zero attached hydrogens (tertiary/aromatic N) is 3. The van der Waals surface area contributed by atoms with Crippen LogP contribution in [0.25, 0.3) is 0 Å². The van der Waals surface area contributed by atoms with Gasteiger partial charge in [0.05, 0.1) is 12.2 Å². The molecule has 1 aromatic carbocycles. The van der Waals surface area contributed by atoms with Crippen LogP contribution in [0.3, 0.4) is 0 Å². The van der Waals surface area contributed by atoms with Crippen molar-refractivity contribution in [3.63, 3.8) is 0 Å². The molecule has 1 heterocycles. The van der Waals surface area contributed by atoms with Crippen molar-refractivity contribution in [2.24, 2.45) is 5.73 Å². The summed E-state index contributed by atoms with van der Waals surface area (Å²) in [5.41, 5.74) is 6.89. The van der Waals surface area contributed by atoms with Crippen molar-refractivity contribution in [1.82, 2.24) is 15.0 Å². The van der Waals surface area contributed by atoms with Crippen LogP contribution in [0.2, 0.25) is 0 Å². The number of para-hydroxylation sites is 1. The zero-order chi connectivity index (χ0) is 14.4. The Kier molecular flexibility index (Phi) is 5.00. The van der Waals surface area contributed by atoms with Crippen LogP contribution < -0.4 is 10.5 Å². The molecule has 2 rings (SSSR count). The largest absolute Gasteiger partial charge is 0.434 e. The van der Waals surface area contributed by atoms with Gasteiger partial charge in [0.1, 0.15) is 5.75 Å². The van der Waals surface area contributed by atoms with E-state index >= 15 is 0 Å². The summed E-state index contributed by atoms with van der Waals surface area (Å²) in [5, 5.41) is 7.98. The van der Waals surface area contributed by atoms with Gasteiger partial charge in [-0.05, 0) is 25.5 Å². The Bertz CT molecular complexity index is 545. The van der Waals surface area contributed by atoms with Crippen LogP contribution in [0, 0.1) is 0 Å². The molecule has 0 spiro atoms. The molecule has 0 aliphatic heterocycles. The van der Waals surface area contributed by atoms with E-state index in [-0.39, 0.29) is 5.75 Å². The van der Waals surface area contributed by atoms with Crippen molar-refractivity contribution >= 4 is 0 Å². The van der Waals surface area contributed by atoms with Gasteiger partial charge in [0.15, 0.2) is 0 Å². The van der Waals surface area contributed by atoms with E-state index in [9.17, 15) is 8.78 Å². The minimum absolute atomic E-state index is 0.154. The average Bonchev–Trinajstić information content (AvgIpc) is 2.86. The van der Waals surface area contributed by atoms with Gasteiger partial charge in [-0.2, -0.15) is 8.78 Å². The van der Waals surface area contributed by atoms with Crippen molar-refractivity contribution in [3.8, 4) is 5.75 Å². The highest BCUT2D eigenvalue weighted by molar-refractivity contribution is 5.33. The van der Waals surface area contributed by atoms with Crippen LogP contribution in [0.5, 0.6) is 5.75 Å². The molecule has 0 aliphatic rings. The summed E-state index contributed by atoms with van der Waals surface area (Å²) in [6, 6.07) is 6.64. The van der Waals surface area contributed by atoms with Gasteiger partial charge >= 0.3 is 6.61 Å². The third-order valence-corrected chi connectivity index (χ3v) is 2.74. The fraction of sp³-hybridized carbons (Fsp3) is 0.385. The number of nitrogens with two attached hydrogens (primary N) is 1. The van der Waals surface area contributed by atoms with Crippen molar-refractivity contribution in [2.45, 2.75) is 26.0 Å². The standard InChI is InChI=1S/C13H16F2N4O/c14-13(15)20-12-6-2-1-4-10(12)8-19-9-11(17-18-19)5-3-7-16/h1-2,4,6,9,13H,3,5,7-8,16H2. The second-order valence-corrected chi connectivity index (χ2v) is 4.29. The SMILES string of the molecule is NCCCc1cn(Cc2ccccc2OC(F)F)nn1. The molecule has 0 radical (unpaired) electrons. The topological polar surface area (TPSA) is 66.0 Å². The van der Waals surface area contributed by atoms with E-state index in [0.29, 0.717) is 18.7 Å². The molecule has 5 nitrogen and oxygen atoms in total. The summed E-state index contributed by atoms with van der Waals surface area (Å²) in [5.74, 6) is 0.154. The molecule has 2 N–H and O–H groups in total. The van der Waals surface area contributed by atoms with E-state index in [0.717, 1.165) is 18.5 Å². The van der Waals surface area contributed by atoms with Gasteiger partial charge in [0, 0.05) is 11.8 Å². The highest BCUT2D eigenvalue weighted by Crippen LogP contribution is 2.21. The molecular formula is C13H16F2N4O. The Hall–Kier alpha value is -2.02. The maximum Gasteiger partial charge on any atom is 0.387 e. The van der Waals surface area contributed by atoms with Gasteiger partial charge < -0.3 is 10.5 Å². The van der Waals surface area contributed by atoms with Crippen LogP contribution >= 0.6 is 0 Å². The number of halogens is 2. The third kappa shape index (κ3) is 3.99. The number of hydrogen-bond donors (Lipinski definition) is 1. The molecule has 0 aliphatic carbocycles. The number of rotatable bonds is 7. The minimum atomic E-state index is -2.84. The normalized spacial score (nSPS) is 11.0. The van der Waals surface area contributed by atoms with E-state index < -0.39 is 6.61 Å². The Morgan fingerprint density at radius 2 is 2.10 bits per heavy atom. The van der Waals surface area contributed by atoms with Crippen LogP contribution in [-0.2, 0) is 13.0 Å². The lowest BCUT2D eigenvalue weighted by molar-refractivity contribution is -0.0505. The number of alkyl halides is 2. The Balaban J connectivity index is 2.07. The van der Waals surface area contributed by atoms with E-state index in [1.54, 1.807) is 29.1 Å². The van der Waals surface area contributed by atoms with Crippen molar-refractivity contribution in [1.29, 1.82) is 0 Å². The van der Waals surface area contributed by atoms with Gasteiger partial charge in [-0.15, -0.1) is 5.10 Å². The quantitative estimate of drug-likeness (QED) is 0.841. The minimum Gasteiger partial charge on any atom is -0.434 e. The molecule has 0 atom stereocenters. The Morgan fingerprint density at radius 3 is 2.85 bits per heavy atom. The maximum absolute atomic E-state index is 12.3. The highest BCUT2D eigenvalue weighted by atomic mass is 19.3. The second-order valence-electron chi connectivity index (χ2n) is 4.29. The summed E-state index contributed by atoms with van der Waals surface area (Å²) in [7, 11) is 0. The fourth-order valence-electron chi connectivity index (χ4n) is 1.83. The number of aryl methyl sites for hydroxylation is 1. The first-order valence-electron chi connectivity index (χ1n) is 6.31. The van der Waals surface area contributed by atoms with Gasteiger partial charge in [0.2, 0.25) is 0 Å². The van der Waals surface area contributed by atoms with E-state index in [1.807, 2.05) is 0 Å². The zero-order valence-electron chi connectivity index (χ0n) is 10.9. The molecule has 0 amide bonds. The molecule has 0 bridgehead atoms. The van der Waals surface area contributed by atoms with E-state index in [2.05, 4.69) is 15.0 Å². The molecule has 2 aromatic rings. The first kappa shape index (κ1) is 14.4. The number of benzene rings is 1. The van der Waals surface area contributed by atoms with Crippen LogP contribution in [-0.4, -0.2) is 28.2 Å². The molecule has 0 saturated carbocycles. The lowest BCUT2D eigenvalue weighted by Crippen LogP contribution is -2.07. The van der Waals surface area contributed by atoms with Crippen LogP contribution in [0.4, 0.5) is 8.78 Å². The van der Waals surface area contributed by atoms with Gasteiger partial charge in [-0.1, -0.05) is 23.4 Å². The third-order valence-electron chi connectivity index (χ3n) is 2.74. The smallest absolute Gasteiger partial charge is 0.387 e. The van der Waals surface area contributed by atoms with Crippen molar-refractivity contribution < 1.29 is 13.5 Å². The molecule has 7 heteroatoms. The molecule has 0 fully saturated rings. The predicted molar refractivity (Wildman–Crippen MR) is 69.6 cm³/mol. The maximum atomic E-state index is 12.3. The predicted octanol–water partition coefficient (Wildman–Crippen LogP) is 1.82. The fourth-order valence-corrected chi connectivity index (χ4v) is 1.83. The molecule has 1 aromatic heterocycles. The first-order valence-corrected chi connectivity index (χ1v) is 6.31. The summed E-state index contributed by atoms with van der Waals surface area (Å²) >= 11 is 0. The molecule has 0 unspecified atom stereocenters. The first-order chi connectivity index (χ1) is 9.69. The Labute approximate surface area is 115 Å². The Morgan fingerprint density at radius 1 is 1.30 bits per heavy atom. The van der Waals surface area contributed by atoms with Gasteiger partial charge in [-0.25, -0.2) is 4.68 Å². The second kappa shape index (κ2) is 6.95. The van der Waals surface area contributed by atoms with Crippen LogP contribution in [0.15, 0.2) is 30.5 Å². The monoisotopic (exact) mass is 282 g/mol. The number of aromatic nitrogens is 3. The van der Waals surface area contributed by atoms with Gasteiger partial charge in [0.25, 0.3) is 0 Å². The van der Waals surface area contributed by atoms with E-state index in [1.165, 1.54) is 6.07 Å². The molecule has 0 saturated heterocycles. The summed E-state index contributed by atoms with van der Waals surface area (Å²) in [6.45, 7) is -1.91.